The quantitative estimate of drug-likeness (QED) is 0.0734. The highest BCUT2D eigenvalue weighted by Gasteiger charge is 2.37. The maximum absolute atomic E-state index is 14.8. The summed E-state index contributed by atoms with van der Waals surface area (Å²) in [5.41, 5.74) is 9.58. The van der Waals surface area contributed by atoms with Crippen LogP contribution in [0.2, 0.25) is 0 Å². The molecule has 0 bridgehead atoms. The lowest BCUT2D eigenvalue weighted by molar-refractivity contribution is -0.276. The van der Waals surface area contributed by atoms with E-state index in [2.05, 4.69) is 63.6 Å². The summed E-state index contributed by atoms with van der Waals surface area (Å²) in [5, 5.41) is 0. The van der Waals surface area contributed by atoms with Crippen LogP contribution < -0.4 is 4.74 Å². The number of alkyl halides is 3. The fourth-order valence-corrected chi connectivity index (χ4v) is 22.7. The predicted octanol–water partition coefficient (Wildman–Crippen LogP) is 38.6. The first-order valence-corrected chi connectivity index (χ1v) is 50.2. The molecule has 0 radical (unpaired) electrons. The van der Waals surface area contributed by atoms with E-state index in [0.29, 0.717) is 69.9 Å². The van der Waals surface area contributed by atoms with Crippen molar-refractivity contribution in [1.29, 1.82) is 0 Å². The van der Waals surface area contributed by atoms with E-state index in [4.69, 9.17) is 0 Å². The Kier molecular flexibility index (Phi) is 35.0. The van der Waals surface area contributed by atoms with Crippen molar-refractivity contribution >= 4 is 0 Å². The van der Waals surface area contributed by atoms with Crippen molar-refractivity contribution in [2.24, 2.45) is 53.3 Å². The van der Waals surface area contributed by atoms with Crippen molar-refractivity contribution in [1.82, 2.24) is 0 Å². The Hall–Kier alpha value is -11.0. The molecule has 0 aromatic heterocycles. The predicted molar refractivity (Wildman–Crippen MR) is 519 cm³/mol. The Morgan fingerprint density at radius 3 is 0.592 bits per heavy atom. The maximum atomic E-state index is 14.8. The molecule has 7 aliphatic carbocycles. The highest BCUT2D eigenvalue weighted by atomic mass is 19.4. The Morgan fingerprint density at radius 2 is 0.352 bits per heavy atom. The van der Waals surface area contributed by atoms with E-state index in [0.717, 1.165) is 169 Å². The third-order valence-electron chi connectivity index (χ3n) is 31.5. The van der Waals surface area contributed by atoms with Gasteiger partial charge >= 0.3 is 6.36 Å². The van der Waals surface area contributed by atoms with Gasteiger partial charge in [0.15, 0.2) is 81.4 Å². The first-order valence-electron chi connectivity index (χ1n) is 50.2. The molecule has 12 aromatic rings. The molecule has 0 spiro atoms. The van der Waals surface area contributed by atoms with Gasteiger partial charge in [-0.15, -0.1) is 13.2 Å². The van der Waals surface area contributed by atoms with Crippen LogP contribution in [0, 0.1) is 158 Å². The fourth-order valence-electron chi connectivity index (χ4n) is 22.7. The van der Waals surface area contributed by atoms with Crippen molar-refractivity contribution < 1.29 is 96.9 Å². The second-order valence-corrected chi connectivity index (χ2v) is 41.2. The third-order valence-corrected chi connectivity index (χ3v) is 31.5. The molecule has 142 heavy (non-hydrogen) atoms. The van der Waals surface area contributed by atoms with E-state index in [1.165, 1.54) is 188 Å². The number of rotatable bonds is 15. The summed E-state index contributed by atoms with van der Waals surface area (Å²) in [7, 11) is 0. The van der Waals surface area contributed by atoms with Crippen LogP contribution in [-0.4, -0.2) is 6.36 Å². The summed E-state index contributed by atoms with van der Waals surface area (Å²) in [5.74, 6) is -13.5. The monoisotopic (exact) mass is 1970 g/mol. The van der Waals surface area contributed by atoms with E-state index < -0.39 is 117 Å². The van der Waals surface area contributed by atoms with Gasteiger partial charge in [-0.05, 0) is 367 Å². The second kappa shape index (κ2) is 47.2. The second-order valence-electron chi connectivity index (χ2n) is 41.2. The number of hydrogen-bond donors (Lipinski definition) is 0. The van der Waals surface area contributed by atoms with Gasteiger partial charge in [-0.2, -0.15) is 0 Å². The molecule has 0 aliphatic heterocycles. The summed E-state index contributed by atoms with van der Waals surface area (Å²) in [4.78, 5) is 0. The zero-order chi connectivity index (χ0) is 101. The molecule has 752 valence electrons. The number of hydrogen-bond acceptors (Lipinski definition) is 1. The summed E-state index contributed by atoms with van der Waals surface area (Å²) in [6.07, 6.45) is 29.4. The fraction of sp³-hybridized carbons (Fsp3) is 0.400. The van der Waals surface area contributed by atoms with E-state index in [1.54, 1.807) is 24.3 Å². The van der Waals surface area contributed by atoms with Crippen LogP contribution >= 0.6 is 0 Å². The van der Waals surface area contributed by atoms with Crippen LogP contribution in [0.1, 0.15) is 272 Å². The third kappa shape index (κ3) is 26.6. The van der Waals surface area contributed by atoms with Gasteiger partial charge in [-0.25, -0.2) is 79.0 Å². The smallest absolute Gasteiger partial charge is 0.399 e. The Morgan fingerprint density at radius 1 is 0.176 bits per heavy atom. The van der Waals surface area contributed by atoms with Crippen LogP contribution in [0.15, 0.2) is 206 Å². The molecule has 0 unspecified atom stereocenters. The lowest BCUT2D eigenvalue weighted by Crippen LogP contribution is -2.24. The highest BCUT2D eigenvalue weighted by molar-refractivity contribution is 5.74. The number of ether oxygens (including phenoxy) is 1. The zero-order valence-electron chi connectivity index (χ0n) is 80.4. The average Bonchev–Trinajstić information content (AvgIpc) is 0.794. The van der Waals surface area contributed by atoms with Crippen LogP contribution in [0.4, 0.5) is 92.2 Å². The summed E-state index contributed by atoms with van der Waals surface area (Å²) < 4.78 is 287. The summed E-state index contributed by atoms with van der Waals surface area (Å²) in [6, 6.07) is 50.7. The van der Waals surface area contributed by atoms with Crippen molar-refractivity contribution in [2.45, 2.75) is 250 Å². The first-order chi connectivity index (χ1) is 67.9. The van der Waals surface area contributed by atoms with Gasteiger partial charge in [-0.3, -0.25) is 0 Å². The SMILES string of the molecule is CC1CCC(C2CCC(c3ccc(-c4cc(F)c(F)c(F)c4)c(F)c3)CC2)CC1.CC1CCC(C2CCC(c3ccc(-c4cc(F)c(F)c(F)c4)cc3)CC2)CC1.CC1CCC(c2ccc(-c3cc(F)c(F)c(F)c3)c(F)c2)CC1.CC1CCC(c2ccc(-c3ccc(-c4cc(F)c(F)c(F)c4)c(F)c3)cc2)CC1.CC1CCC(c2ccc(-c3ccc(-c4cc(F)c(OC(F)(F)F)c(F)c4)c(F)c3)cc2)CC1. The van der Waals surface area contributed by atoms with Gasteiger partial charge < -0.3 is 4.74 Å². The number of halogens is 21. The van der Waals surface area contributed by atoms with Crippen molar-refractivity contribution in [2.75, 3.05) is 0 Å². The Labute approximate surface area is 818 Å². The molecular weight excluding hydrogens is 1860 g/mol. The van der Waals surface area contributed by atoms with Crippen LogP contribution in [-0.2, 0) is 0 Å². The van der Waals surface area contributed by atoms with E-state index >= 15 is 0 Å². The lowest BCUT2D eigenvalue weighted by atomic mass is 9.68. The molecule has 12 aromatic carbocycles. The minimum absolute atomic E-state index is 0.00252. The zero-order valence-corrected chi connectivity index (χ0v) is 80.4. The molecule has 0 amide bonds. The molecule has 1 nitrogen and oxygen atoms in total. The van der Waals surface area contributed by atoms with Gasteiger partial charge in [0.25, 0.3) is 0 Å². The van der Waals surface area contributed by atoms with E-state index in [9.17, 15) is 92.2 Å². The lowest BCUT2D eigenvalue weighted by Gasteiger charge is -2.37. The molecule has 22 heteroatoms. The van der Waals surface area contributed by atoms with Crippen molar-refractivity contribution in [3.8, 4) is 83.6 Å². The molecule has 7 saturated carbocycles. The molecule has 0 heterocycles. The van der Waals surface area contributed by atoms with Crippen LogP contribution in [0.25, 0.3) is 77.9 Å². The van der Waals surface area contributed by atoms with Gasteiger partial charge in [0, 0.05) is 22.3 Å². The first kappa shape index (κ1) is 105. The topological polar surface area (TPSA) is 9.23 Å². The maximum Gasteiger partial charge on any atom is 0.573 e. The minimum Gasteiger partial charge on any atom is -0.399 e. The molecular formula is C120H119F21O. The summed E-state index contributed by atoms with van der Waals surface area (Å²) in [6.45, 7) is 11.5. The minimum atomic E-state index is -5.25. The van der Waals surface area contributed by atoms with Crippen LogP contribution in [0.3, 0.4) is 0 Å². The highest BCUT2D eigenvalue weighted by Crippen LogP contribution is 2.49. The molecule has 7 aliphatic rings. The van der Waals surface area contributed by atoms with Gasteiger partial charge in [0.2, 0.25) is 5.75 Å². The summed E-state index contributed by atoms with van der Waals surface area (Å²) >= 11 is 0. The van der Waals surface area contributed by atoms with Crippen molar-refractivity contribution in [3.05, 3.63) is 339 Å². The Balaban J connectivity index is 0.000000134. The molecule has 7 fully saturated rings. The van der Waals surface area contributed by atoms with Gasteiger partial charge in [0.1, 0.15) is 23.3 Å². The average molecular weight is 1980 g/mol. The standard InChI is InChI=1S/C26H22F6O.C25H28F4.C25H22F4.C25H29F3.C19H18F4/c1-15-2-4-16(5-3-15)17-6-8-18(9-7-17)19-10-11-21(22(27)12-19)20-13-23(28)25(24(29)14-20)33-26(30,31)32;2*1-15-2-4-16(5-3-15)17-6-8-18(9-7-17)19-10-11-21(22(26)12-19)20-13-23(27)25(29)24(28)14-20;1-16-2-4-17(5-3-16)18-6-8-19(9-7-18)20-10-12-21(13-11-20)22-14-23(26)25(28)24(27)15-22;1-11-2-4-12(5-3-11)13-6-7-15(16(20)8-13)14-9-17(21)19(23)18(22)10-14/h6-16H,2-5H2,1H3;10-18H,2-9H2,1H3;6-16H,2-5H2,1H3;10-19H,2-9H2,1H3;6-12H,2-5H2,1H3. The number of benzene rings is 12. The molecule has 0 atom stereocenters. The molecule has 19 rings (SSSR count). The molecule has 0 N–H and O–H groups in total. The van der Waals surface area contributed by atoms with Crippen LogP contribution in [0.5, 0.6) is 5.75 Å². The van der Waals surface area contributed by atoms with Gasteiger partial charge in [-0.1, -0.05) is 220 Å². The van der Waals surface area contributed by atoms with Gasteiger partial charge in [0.05, 0.1) is 0 Å². The normalized spacial score (nSPS) is 23.1. The van der Waals surface area contributed by atoms with E-state index in [1.807, 2.05) is 54.6 Å². The van der Waals surface area contributed by atoms with E-state index in [-0.39, 0.29) is 44.5 Å². The Bertz CT molecular complexity index is 6160. The molecule has 0 saturated heterocycles. The van der Waals surface area contributed by atoms with Crippen molar-refractivity contribution in [3.63, 3.8) is 0 Å². The largest absolute Gasteiger partial charge is 0.573 e.